The summed E-state index contributed by atoms with van der Waals surface area (Å²) in [5.41, 5.74) is 3.76. The van der Waals surface area contributed by atoms with Crippen LogP contribution >= 0.6 is 11.8 Å². The van der Waals surface area contributed by atoms with Gasteiger partial charge in [0, 0.05) is 11.3 Å². The molecule has 21 heavy (non-hydrogen) atoms. The molecule has 0 aliphatic heterocycles. The first kappa shape index (κ1) is 13.9. The molecule has 0 aliphatic carbocycles. The van der Waals surface area contributed by atoms with Gasteiger partial charge in [-0.1, -0.05) is 43.3 Å². The number of aryl methyl sites for hydroxylation is 2. The zero-order valence-electron chi connectivity index (χ0n) is 12.0. The number of pyridine rings is 1. The van der Waals surface area contributed by atoms with Crippen molar-refractivity contribution in [1.29, 1.82) is 0 Å². The maximum Gasteiger partial charge on any atom is 0.224 e. The van der Waals surface area contributed by atoms with Gasteiger partial charge in [0.2, 0.25) is 5.12 Å². The molecule has 106 valence electrons. The summed E-state index contributed by atoms with van der Waals surface area (Å²) in [6.45, 7) is 4.08. The van der Waals surface area contributed by atoms with Crippen LogP contribution in [0.4, 0.5) is 0 Å². The molecule has 0 amide bonds. The van der Waals surface area contributed by atoms with Gasteiger partial charge >= 0.3 is 0 Å². The van der Waals surface area contributed by atoms with E-state index in [2.05, 4.69) is 12.0 Å². The Balaban J connectivity index is 2.04. The summed E-state index contributed by atoms with van der Waals surface area (Å²) in [5.74, 6) is 0. The van der Waals surface area contributed by atoms with Crippen LogP contribution in [0.15, 0.2) is 53.4 Å². The number of hydrogen-bond donors (Lipinski definition) is 0. The molecule has 0 N–H and O–H groups in total. The second-order valence-electron chi connectivity index (χ2n) is 4.85. The van der Waals surface area contributed by atoms with Crippen molar-refractivity contribution in [2.45, 2.75) is 25.2 Å². The molecule has 0 spiro atoms. The fourth-order valence-corrected chi connectivity index (χ4v) is 3.30. The van der Waals surface area contributed by atoms with Crippen LogP contribution in [-0.2, 0) is 6.42 Å². The summed E-state index contributed by atoms with van der Waals surface area (Å²) in [5, 5.41) is 4.68. The van der Waals surface area contributed by atoms with Crippen molar-refractivity contribution in [3.05, 3.63) is 65.5 Å². The number of fused-ring (bicyclic) bond motifs is 1. The largest absolute Gasteiger partial charge is 0.281 e. The first-order valence-corrected chi connectivity index (χ1v) is 7.77. The summed E-state index contributed by atoms with van der Waals surface area (Å²) >= 11 is 1.27. The first-order chi connectivity index (χ1) is 10.2. The quantitative estimate of drug-likeness (QED) is 0.681. The second-order valence-corrected chi connectivity index (χ2v) is 5.83. The SMILES string of the molecule is CCc1nn2c(C)cccc2c1SC(=O)c1ccccc1. The topological polar surface area (TPSA) is 34.4 Å². The lowest BCUT2D eigenvalue weighted by Gasteiger charge is -2.02. The Morgan fingerprint density at radius 1 is 1.14 bits per heavy atom. The van der Waals surface area contributed by atoms with Crippen molar-refractivity contribution in [2.24, 2.45) is 0 Å². The number of thioether (sulfide) groups is 1. The molecule has 0 saturated heterocycles. The van der Waals surface area contributed by atoms with E-state index in [1.807, 2.05) is 60.0 Å². The highest BCUT2D eigenvalue weighted by atomic mass is 32.2. The van der Waals surface area contributed by atoms with Crippen molar-refractivity contribution in [1.82, 2.24) is 9.61 Å². The van der Waals surface area contributed by atoms with Gasteiger partial charge in [0.15, 0.2) is 0 Å². The number of nitrogens with zero attached hydrogens (tertiary/aromatic N) is 2. The van der Waals surface area contributed by atoms with Crippen LogP contribution < -0.4 is 0 Å². The van der Waals surface area contributed by atoms with E-state index < -0.39 is 0 Å². The number of rotatable bonds is 3. The number of hydrogen-bond acceptors (Lipinski definition) is 3. The van der Waals surface area contributed by atoms with Gasteiger partial charge in [-0.05, 0) is 37.2 Å². The number of carbonyl (C=O) groups excluding carboxylic acids is 1. The van der Waals surface area contributed by atoms with E-state index in [0.29, 0.717) is 0 Å². The van der Waals surface area contributed by atoms with Crippen LogP contribution in [0.25, 0.3) is 5.52 Å². The minimum atomic E-state index is 0.0571. The molecule has 0 fully saturated rings. The summed E-state index contributed by atoms with van der Waals surface area (Å²) in [4.78, 5) is 13.4. The van der Waals surface area contributed by atoms with Crippen molar-refractivity contribution in [3.8, 4) is 0 Å². The molecule has 1 aromatic carbocycles. The van der Waals surface area contributed by atoms with Gasteiger partial charge in [-0.15, -0.1) is 0 Å². The molecule has 0 bridgehead atoms. The van der Waals surface area contributed by atoms with Crippen molar-refractivity contribution < 1.29 is 4.79 Å². The van der Waals surface area contributed by atoms with Crippen molar-refractivity contribution >= 4 is 22.4 Å². The molecule has 0 radical (unpaired) electrons. The third kappa shape index (κ3) is 2.59. The third-order valence-electron chi connectivity index (χ3n) is 3.41. The minimum absolute atomic E-state index is 0.0571. The van der Waals surface area contributed by atoms with Gasteiger partial charge in [0.05, 0.1) is 16.1 Å². The van der Waals surface area contributed by atoms with Gasteiger partial charge in [0.25, 0.3) is 0 Å². The minimum Gasteiger partial charge on any atom is -0.281 e. The molecule has 0 saturated carbocycles. The Labute approximate surface area is 128 Å². The van der Waals surface area contributed by atoms with Gasteiger partial charge in [-0.2, -0.15) is 5.10 Å². The van der Waals surface area contributed by atoms with Crippen LogP contribution in [-0.4, -0.2) is 14.7 Å². The average Bonchev–Trinajstić information content (AvgIpc) is 2.87. The fourth-order valence-electron chi connectivity index (χ4n) is 2.30. The van der Waals surface area contributed by atoms with Crippen molar-refractivity contribution in [2.75, 3.05) is 0 Å². The lowest BCUT2D eigenvalue weighted by molar-refractivity contribution is 0.108. The fraction of sp³-hybridized carbons (Fsp3) is 0.176. The van der Waals surface area contributed by atoms with Crippen molar-refractivity contribution in [3.63, 3.8) is 0 Å². The van der Waals surface area contributed by atoms with E-state index in [1.54, 1.807) is 0 Å². The van der Waals surface area contributed by atoms with Crippen LogP contribution in [0.5, 0.6) is 0 Å². The second kappa shape index (κ2) is 5.74. The summed E-state index contributed by atoms with van der Waals surface area (Å²) in [6, 6.07) is 15.4. The average molecular weight is 296 g/mol. The Morgan fingerprint density at radius 2 is 1.90 bits per heavy atom. The highest BCUT2D eigenvalue weighted by Crippen LogP contribution is 2.31. The molecule has 4 heteroatoms. The lowest BCUT2D eigenvalue weighted by atomic mass is 10.2. The van der Waals surface area contributed by atoms with E-state index in [9.17, 15) is 4.79 Å². The van der Waals surface area contributed by atoms with Gasteiger partial charge in [0.1, 0.15) is 0 Å². The van der Waals surface area contributed by atoms with E-state index in [0.717, 1.165) is 33.8 Å². The number of aromatic nitrogens is 2. The van der Waals surface area contributed by atoms with Gasteiger partial charge in [-0.25, -0.2) is 4.52 Å². The van der Waals surface area contributed by atoms with Crippen LogP contribution in [0.3, 0.4) is 0 Å². The predicted molar refractivity (Wildman–Crippen MR) is 85.9 cm³/mol. The van der Waals surface area contributed by atoms with Crippen LogP contribution in [0, 0.1) is 6.92 Å². The molecule has 3 rings (SSSR count). The van der Waals surface area contributed by atoms with E-state index >= 15 is 0 Å². The van der Waals surface area contributed by atoms with E-state index in [-0.39, 0.29) is 5.12 Å². The molecule has 0 aliphatic rings. The standard InChI is InChI=1S/C17H16N2OS/c1-3-14-16(15-11-7-8-12(2)19(15)18-14)21-17(20)13-9-5-4-6-10-13/h4-11H,3H2,1-2H3. The Bertz CT molecular complexity index is 793. The molecule has 3 nitrogen and oxygen atoms in total. The highest BCUT2D eigenvalue weighted by molar-refractivity contribution is 8.14. The smallest absolute Gasteiger partial charge is 0.224 e. The monoisotopic (exact) mass is 296 g/mol. The van der Waals surface area contributed by atoms with E-state index in [1.165, 1.54) is 11.8 Å². The Morgan fingerprint density at radius 3 is 2.62 bits per heavy atom. The number of carbonyl (C=O) groups is 1. The molecular formula is C17H16N2OS. The maximum absolute atomic E-state index is 12.4. The molecule has 2 aromatic heterocycles. The Hall–Kier alpha value is -2.07. The first-order valence-electron chi connectivity index (χ1n) is 6.95. The number of benzene rings is 1. The highest BCUT2D eigenvalue weighted by Gasteiger charge is 2.17. The molecular weight excluding hydrogens is 280 g/mol. The normalized spacial score (nSPS) is 11.0. The van der Waals surface area contributed by atoms with Gasteiger partial charge in [-0.3, -0.25) is 4.79 Å². The van der Waals surface area contributed by atoms with Crippen LogP contribution in [0.2, 0.25) is 0 Å². The lowest BCUT2D eigenvalue weighted by Crippen LogP contribution is -1.93. The summed E-state index contributed by atoms with van der Waals surface area (Å²) < 4.78 is 1.92. The summed E-state index contributed by atoms with van der Waals surface area (Å²) in [6.07, 6.45) is 0.811. The molecule has 0 atom stereocenters. The van der Waals surface area contributed by atoms with Gasteiger partial charge < -0.3 is 0 Å². The summed E-state index contributed by atoms with van der Waals surface area (Å²) in [7, 11) is 0. The third-order valence-corrected chi connectivity index (χ3v) is 4.48. The predicted octanol–water partition coefficient (Wildman–Crippen LogP) is 4.14. The van der Waals surface area contributed by atoms with E-state index in [4.69, 9.17) is 0 Å². The zero-order chi connectivity index (χ0) is 14.8. The molecule has 0 unspecified atom stereocenters. The molecule has 3 aromatic rings. The maximum atomic E-state index is 12.4. The van der Waals surface area contributed by atoms with Crippen LogP contribution in [0.1, 0.15) is 28.7 Å². The molecule has 2 heterocycles. The Kier molecular flexibility index (Phi) is 3.80. The zero-order valence-corrected chi connectivity index (χ0v) is 12.9.